The Hall–Kier alpha value is -2.38. The van der Waals surface area contributed by atoms with Crippen molar-refractivity contribution in [3.8, 4) is 5.75 Å². The van der Waals surface area contributed by atoms with Crippen molar-refractivity contribution in [2.45, 2.75) is 11.4 Å². The molecule has 2 rings (SSSR count). The molecule has 4 N–H and O–H groups in total. The normalized spacial score (nSPS) is 11.1. The molecule has 144 valence electrons. The van der Waals surface area contributed by atoms with Crippen LogP contribution in [-0.2, 0) is 11.3 Å². The van der Waals surface area contributed by atoms with E-state index in [0.717, 1.165) is 28.8 Å². The molecule has 0 aliphatic carbocycles. The van der Waals surface area contributed by atoms with Crippen LogP contribution in [0.1, 0.15) is 5.56 Å². The minimum Gasteiger partial charge on any atom is -0.484 e. The van der Waals surface area contributed by atoms with Crippen LogP contribution in [0.25, 0.3) is 0 Å². The van der Waals surface area contributed by atoms with Gasteiger partial charge in [-0.25, -0.2) is 0 Å². The fraction of sp³-hybridized carbons (Fsp3) is 0.263. The Labute approximate surface area is 168 Å². The van der Waals surface area contributed by atoms with Gasteiger partial charge in [0.25, 0.3) is 5.91 Å². The second-order valence-corrected chi connectivity index (χ2v) is 7.16. The number of hydrogen-bond donors (Lipinski definition) is 3. The van der Waals surface area contributed by atoms with Crippen LogP contribution in [0.4, 0.5) is 0 Å². The summed E-state index contributed by atoms with van der Waals surface area (Å²) in [6.07, 6.45) is 0. The van der Waals surface area contributed by atoms with Gasteiger partial charge in [0, 0.05) is 35.8 Å². The van der Waals surface area contributed by atoms with Gasteiger partial charge in [-0.15, -0.1) is 11.8 Å². The van der Waals surface area contributed by atoms with Crippen LogP contribution in [-0.4, -0.2) is 37.8 Å². The molecule has 1 amide bonds. The SMILES string of the molecule is CN=C(NCCSc1ccc(Cl)cc1)NCc1cccc(OCC(N)=O)c1. The fourth-order valence-corrected chi connectivity index (χ4v) is 3.07. The minimum atomic E-state index is -0.500. The minimum absolute atomic E-state index is 0.134. The van der Waals surface area contributed by atoms with E-state index in [2.05, 4.69) is 15.6 Å². The molecule has 0 aliphatic rings. The molecule has 2 aromatic rings. The predicted molar refractivity (Wildman–Crippen MR) is 112 cm³/mol. The van der Waals surface area contributed by atoms with E-state index in [0.29, 0.717) is 12.3 Å². The number of carbonyl (C=O) groups is 1. The summed E-state index contributed by atoms with van der Waals surface area (Å²) in [7, 11) is 1.73. The highest BCUT2D eigenvalue weighted by Gasteiger charge is 2.02. The number of primary amides is 1. The predicted octanol–water partition coefficient (Wildman–Crippen LogP) is 2.66. The van der Waals surface area contributed by atoms with E-state index in [1.807, 2.05) is 42.5 Å². The number of thioether (sulfide) groups is 1. The summed E-state index contributed by atoms with van der Waals surface area (Å²) in [4.78, 5) is 16.2. The number of rotatable bonds is 9. The Morgan fingerprint density at radius 1 is 1.22 bits per heavy atom. The Bertz CT molecular complexity index is 769. The number of nitrogens with one attached hydrogen (secondary N) is 2. The number of guanidine groups is 1. The van der Waals surface area contributed by atoms with Gasteiger partial charge in [0.2, 0.25) is 0 Å². The van der Waals surface area contributed by atoms with Gasteiger partial charge >= 0.3 is 0 Å². The van der Waals surface area contributed by atoms with Gasteiger partial charge in [0.1, 0.15) is 5.75 Å². The zero-order valence-corrected chi connectivity index (χ0v) is 16.6. The fourth-order valence-electron chi connectivity index (χ4n) is 2.18. The van der Waals surface area contributed by atoms with Crippen molar-refractivity contribution < 1.29 is 9.53 Å². The van der Waals surface area contributed by atoms with Crippen LogP contribution in [0.15, 0.2) is 58.4 Å². The number of aliphatic imine (C=N–C) groups is 1. The van der Waals surface area contributed by atoms with Crippen molar-refractivity contribution in [1.82, 2.24) is 10.6 Å². The molecule has 2 aromatic carbocycles. The molecule has 0 radical (unpaired) electrons. The summed E-state index contributed by atoms with van der Waals surface area (Å²) >= 11 is 7.63. The molecule has 8 heteroatoms. The molecule has 0 spiro atoms. The van der Waals surface area contributed by atoms with Gasteiger partial charge in [-0.1, -0.05) is 23.7 Å². The third-order valence-corrected chi connectivity index (χ3v) is 4.71. The van der Waals surface area contributed by atoms with E-state index in [4.69, 9.17) is 22.1 Å². The summed E-state index contributed by atoms with van der Waals surface area (Å²) in [5.74, 6) is 1.73. The lowest BCUT2D eigenvalue weighted by atomic mass is 10.2. The van der Waals surface area contributed by atoms with Crippen LogP contribution < -0.4 is 21.1 Å². The van der Waals surface area contributed by atoms with Gasteiger partial charge in [0.05, 0.1) is 0 Å². The highest BCUT2D eigenvalue weighted by Crippen LogP contribution is 2.19. The number of ether oxygens (including phenoxy) is 1. The van der Waals surface area contributed by atoms with E-state index in [1.165, 1.54) is 4.90 Å². The molecule has 6 nitrogen and oxygen atoms in total. The topological polar surface area (TPSA) is 88.7 Å². The molecule has 0 fully saturated rings. The van der Waals surface area contributed by atoms with Crippen LogP contribution >= 0.6 is 23.4 Å². The average Bonchev–Trinajstić information content (AvgIpc) is 2.67. The van der Waals surface area contributed by atoms with Crippen molar-refractivity contribution in [3.05, 3.63) is 59.1 Å². The van der Waals surface area contributed by atoms with Crippen LogP contribution in [0.5, 0.6) is 5.75 Å². The summed E-state index contributed by atoms with van der Waals surface area (Å²) in [5, 5.41) is 7.27. The first-order chi connectivity index (χ1) is 13.1. The molecule has 0 saturated carbocycles. The highest BCUT2D eigenvalue weighted by atomic mass is 35.5. The Balaban J connectivity index is 1.72. The molecule has 0 unspecified atom stereocenters. The summed E-state index contributed by atoms with van der Waals surface area (Å²) in [5.41, 5.74) is 6.10. The van der Waals surface area contributed by atoms with Crippen molar-refractivity contribution in [1.29, 1.82) is 0 Å². The lowest BCUT2D eigenvalue weighted by molar-refractivity contribution is -0.119. The third-order valence-electron chi connectivity index (χ3n) is 3.44. The van der Waals surface area contributed by atoms with Crippen molar-refractivity contribution in [2.75, 3.05) is 26.0 Å². The molecule has 0 aromatic heterocycles. The zero-order valence-electron chi connectivity index (χ0n) is 15.1. The number of carbonyl (C=O) groups excluding carboxylic acids is 1. The van der Waals surface area contributed by atoms with Gasteiger partial charge in [-0.2, -0.15) is 0 Å². The van der Waals surface area contributed by atoms with E-state index in [-0.39, 0.29) is 6.61 Å². The van der Waals surface area contributed by atoms with Gasteiger partial charge < -0.3 is 21.1 Å². The Morgan fingerprint density at radius 2 is 2.00 bits per heavy atom. The standard InChI is InChI=1S/C19H23ClN4O2S/c1-22-19(23-9-10-27-17-7-5-15(20)6-8-17)24-12-14-3-2-4-16(11-14)26-13-18(21)25/h2-8,11H,9-10,12-13H2,1H3,(H2,21,25)(H2,22,23,24). The largest absolute Gasteiger partial charge is 0.484 e. The molecule has 0 aliphatic heterocycles. The maximum absolute atomic E-state index is 10.8. The lowest BCUT2D eigenvalue weighted by Gasteiger charge is -2.12. The van der Waals surface area contributed by atoms with Crippen molar-refractivity contribution in [3.63, 3.8) is 0 Å². The maximum Gasteiger partial charge on any atom is 0.255 e. The van der Waals surface area contributed by atoms with E-state index in [1.54, 1.807) is 24.9 Å². The average molecular weight is 407 g/mol. The summed E-state index contributed by atoms with van der Waals surface area (Å²) in [6.45, 7) is 1.22. The number of benzene rings is 2. The Morgan fingerprint density at radius 3 is 2.70 bits per heavy atom. The van der Waals surface area contributed by atoms with E-state index < -0.39 is 5.91 Å². The molecule has 0 saturated heterocycles. The number of hydrogen-bond acceptors (Lipinski definition) is 4. The molecular formula is C19H23ClN4O2S. The number of halogens is 1. The molecular weight excluding hydrogens is 384 g/mol. The van der Waals surface area contributed by atoms with Gasteiger partial charge in [0.15, 0.2) is 12.6 Å². The first-order valence-electron chi connectivity index (χ1n) is 8.40. The number of amides is 1. The van der Waals surface area contributed by atoms with Gasteiger partial charge in [-0.3, -0.25) is 9.79 Å². The summed E-state index contributed by atoms with van der Waals surface area (Å²) in [6, 6.07) is 15.3. The monoisotopic (exact) mass is 406 g/mol. The second-order valence-electron chi connectivity index (χ2n) is 5.56. The van der Waals surface area contributed by atoms with Crippen LogP contribution in [0, 0.1) is 0 Å². The van der Waals surface area contributed by atoms with E-state index in [9.17, 15) is 4.79 Å². The zero-order chi connectivity index (χ0) is 19.5. The number of nitrogens with two attached hydrogens (primary N) is 1. The highest BCUT2D eigenvalue weighted by molar-refractivity contribution is 7.99. The lowest BCUT2D eigenvalue weighted by Crippen LogP contribution is -2.37. The van der Waals surface area contributed by atoms with Crippen LogP contribution in [0.2, 0.25) is 5.02 Å². The third kappa shape index (κ3) is 8.23. The Kier molecular flexibility index (Phi) is 8.80. The van der Waals surface area contributed by atoms with Gasteiger partial charge in [-0.05, 0) is 42.0 Å². The molecule has 0 bridgehead atoms. The van der Waals surface area contributed by atoms with Crippen molar-refractivity contribution >= 4 is 35.2 Å². The quantitative estimate of drug-likeness (QED) is 0.258. The van der Waals surface area contributed by atoms with Crippen LogP contribution in [0.3, 0.4) is 0 Å². The molecule has 0 heterocycles. The first kappa shape index (κ1) is 20.9. The number of nitrogens with zero attached hydrogens (tertiary/aromatic N) is 1. The maximum atomic E-state index is 10.8. The smallest absolute Gasteiger partial charge is 0.255 e. The first-order valence-corrected chi connectivity index (χ1v) is 9.76. The second kappa shape index (κ2) is 11.4. The van der Waals surface area contributed by atoms with Crippen molar-refractivity contribution in [2.24, 2.45) is 10.7 Å². The summed E-state index contributed by atoms with van der Waals surface area (Å²) < 4.78 is 5.31. The molecule has 0 atom stereocenters. The molecule has 27 heavy (non-hydrogen) atoms. The van der Waals surface area contributed by atoms with E-state index >= 15 is 0 Å².